The summed E-state index contributed by atoms with van der Waals surface area (Å²) in [5, 5.41) is 0. The van der Waals surface area contributed by atoms with Crippen molar-refractivity contribution in [3.8, 4) is 0 Å². The zero-order chi connectivity index (χ0) is 9.26. The molecule has 13 heavy (non-hydrogen) atoms. The van der Waals surface area contributed by atoms with E-state index in [2.05, 4.69) is 16.9 Å². The van der Waals surface area contributed by atoms with Crippen molar-refractivity contribution in [2.45, 2.75) is 38.5 Å². The largest absolute Gasteiger partial charge is 0.346 e. The second kappa shape index (κ2) is 3.50. The molecule has 0 atom stereocenters. The number of hydrogen-bond donors (Lipinski definition) is 2. The van der Waals surface area contributed by atoms with Crippen LogP contribution in [0.15, 0.2) is 0 Å². The summed E-state index contributed by atoms with van der Waals surface area (Å²) in [4.78, 5) is 7.96. The first-order valence-corrected chi connectivity index (χ1v) is 5.12. The molecule has 1 aliphatic carbocycles. The quantitative estimate of drug-likeness (QED) is 0.733. The molecule has 3 heteroatoms. The number of aryl methyl sites for hydroxylation is 1. The van der Waals surface area contributed by atoms with Crippen LogP contribution in [-0.4, -0.2) is 16.5 Å². The molecule has 1 heterocycles. The minimum Gasteiger partial charge on any atom is -0.346 e. The van der Waals surface area contributed by atoms with Gasteiger partial charge in [-0.1, -0.05) is 6.92 Å². The van der Waals surface area contributed by atoms with Crippen molar-refractivity contribution in [1.82, 2.24) is 9.97 Å². The van der Waals surface area contributed by atoms with Crippen LogP contribution in [0.5, 0.6) is 0 Å². The van der Waals surface area contributed by atoms with E-state index in [1.807, 2.05) is 0 Å². The van der Waals surface area contributed by atoms with Gasteiger partial charge in [0.25, 0.3) is 0 Å². The molecule has 1 fully saturated rings. The molecule has 72 valence electrons. The van der Waals surface area contributed by atoms with Gasteiger partial charge in [0.05, 0.1) is 5.69 Å². The highest BCUT2D eigenvalue weighted by atomic mass is 14.9. The summed E-state index contributed by atoms with van der Waals surface area (Å²) in [7, 11) is 0. The average Bonchev–Trinajstić information content (AvgIpc) is 2.89. The van der Waals surface area contributed by atoms with Crippen LogP contribution < -0.4 is 5.73 Å². The van der Waals surface area contributed by atoms with Gasteiger partial charge in [0.15, 0.2) is 0 Å². The molecule has 0 amide bonds. The molecular weight excluding hydrogens is 162 g/mol. The average molecular weight is 179 g/mol. The van der Waals surface area contributed by atoms with E-state index in [9.17, 15) is 0 Å². The summed E-state index contributed by atoms with van der Waals surface area (Å²) in [6.45, 7) is 2.85. The van der Waals surface area contributed by atoms with Crippen LogP contribution in [0.1, 0.15) is 42.9 Å². The first-order chi connectivity index (χ1) is 6.35. The van der Waals surface area contributed by atoms with Crippen LogP contribution in [0.3, 0.4) is 0 Å². The summed E-state index contributed by atoms with van der Waals surface area (Å²) in [5.74, 6) is 1.82. The number of aromatic amines is 1. The maximum absolute atomic E-state index is 5.49. The zero-order valence-corrected chi connectivity index (χ0v) is 8.14. The molecule has 1 saturated carbocycles. The molecule has 0 radical (unpaired) electrons. The molecule has 0 unspecified atom stereocenters. The SMILES string of the molecule is CCc1[nH]c(CCN)nc1C1CC1. The predicted molar refractivity (Wildman–Crippen MR) is 52.7 cm³/mol. The van der Waals surface area contributed by atoms with Crippen molar-refractivity contribution in [3.05, 3.63) is 17.2 Å². The molecule has 0 aromatic carbocycles. The van der Waals surface area contributed by atoms with Crippen molar-refractivity contribution in [3.63, 3.8) is 0 Å². The molecule has 3 N–H and O–H groups in total. The van der Waals surface area contributed by atoms with Gasteiger partial charge >= 0.3 is 0 Å². The highest BCUT2D eigenvalue weighted by molar-refractivity contribution is 5.23. The smallest absolute Gasteiger partial charge is 0.107 e. The maximum Gasteiger partial charge on any atom is 0.107 e. The lowest BCUT2D eigenvalue weighted by Crippen LogP contribution is -2.04. The van der Waals surface area contributed by atoms with E-state index in [0.29, 0.717) is 6.54 Å². The normalized spacial score (nSPS) is 16.5. The van der Waals surface area contributed by atoms with Gasteiger partial charge in [-0.2, -0.15) is 0 Å². The Balaban J connectivity index is 2.20. The number of nitrogens with two attached hydrogens (primary N) is 1. The maximum atomic E-state index is 5.49. The number of aromatic nitrogens is 2. The molecule has 1 aliphatic rings. The standard InChI is InChI=1S/C10H17N3/c1-2-8-10(7-3-4-7)13-9(12-8)5-6-11/h7H,2-6,11H2,1H3,(H,12,13). The molecule has 1 aromatic heterocycles. The van der Waals surface area contributed by atoms with Crippen molar-refractivity contribution in [2.75, 3.05) is 6.54 Å². The van der Waals surface area contributed by atoms with Gasteiger partial charge in [0, 0.05) is 18.0 Å². The number of nitrogens with zero attached hydrogens (tertiary/aromatic N) is 1. The fourth-order valence-corrected chi connectivity index (χ4v) is 1.70. The van der Waals surface area contributed by atoms with Crippen LogP contribution in [0.2, 0.25) is 0 Å². The first kappa shape index (κ1) is 8.75. The minimum absolute atomic E-state index is 0.681. The van der Waals surface area contributed by atoms with E-state index in [1.54, 1.807) is 0 Å². The van der Waals surface area contributed by atoms with Crippen LogP contribution in [0.25, 0.3) is 0 Å². The summed E-state index contributed by atoms with van der Waals surface area (Å²) >= 11 is 0. The van der Waals surface area contributed by atoms with E-state index in [1.165, 1.54) is 24.2 Å². The monoisotopic (exact) mass is 179 g/mol. The topological polar surface area (TPSA) is 54.7 Å². The Hall–Kier alpha value is -0.830. The molecule has 1 aromatic rings. The Labute approximate surface area is 78.7 Å². The highest BCUT2D eigenvalue weighted by Crippen LogP contribution is 2.40. The number of nitrogens with one attached hydrogen (secondary N) is 1. The highest BCUT2D eigenvalue weighted by Gasteiger charge is 2.28. The Bertz CT molecular complexity index is 286. The number of hydrogen-bond acceptors (Lipinski definition) is 2. The third-order valence-corrected chi connectivity index (χ3v) is 2.56. The van der Waals surface area contributed by atoms with E-state index >= 15 is 0 Å². The van der Waals surface area contributed by atoms with Gasteiger partial charge in [0.2, 0.25) is 0 Å². The van der Waals surface area contributed by atoms with Crippen molar-refractivity contribution in [2.24, 2.45) is 5.73 Å². The zero-order valence-electron chi connectivity index (χ0n) is 8.14. The number of imidazole rings is 1. The van der Waals surface area contributed by atoms with Crippen LogP contribution in [0, 0.1) is 0 Å². The summed E-state index contributed by atoms with van der Waals surface area (Å²) < 4.78 is 0. The van der Waals surface area contributed by atoms with Gasteiger partial charge in [-0.05, 0) is 25.8 Å². The molecule has 3 nitrogen and oxygen atoms in total. The fourth-order valence-electron chi connectivity index (χ4n) is 1.70. The summed E-state index contributed by atoms with van der Waals surface area (Å²) in [6.07, 6.45) is 4.57. The molecule has 0 spiro atoms. The van der Waals surface area contributed by atoms with Gasteiger partial charge in [-0.15, -0.1) is 0 Å². The van der Waals surface area contributed by atoms with E-state index in [4.69, 9.17) is 5.73 Å². The van der Waals surface area contributed by atoms with E-state index in [-0.39, 0.29) is 0 Å². The van der Waals surface area contributed by atoms with Gasteiger partial charge in [-0.25, -0.2) is 4.98 Å². The predicted octanol–water partition coefficient (Wildman–Crippen LogP) is 1.35. The Kier molecular flexibility index (Phi) is 2.36. The van der Waals surface area contributed by atoms with E-state index < -0.39 is 0 Å². The van der Waals surface area contributed by atoms with Crippen LogP contribution in [0.4, 0.5) is 0 Å². The summed E-state index contributed by atoms with van der Waals surface area (Å²) in [5.41, 5.74) is 8.13. The minimum atomic E-state index is 0.681. The van der Waals surface area contributed by atoms with Crippen LogP contribution in [-0.2, 0) is 12.8 Å². The third kappa shape index (κ3) is 1.75. The second-order valence-corrected chi connectivity index (χ2v) is 3.71. The summed E-state index contributed by atoms with van der Waals surface area (Å²) in [6, 6.07) is 0. The lowest BCUT2D eigenvalue weighted by Gasteiger charge is -1.93. The third-order valence-electron chi connectivity index (χ3n) is 2.56. The Morgan fingerprint density at radius 2 is 2.31 bits per heavy atom. The molecular formula is C10H17N3. The van der Waals surface area contributed by atoms with Crippen molar-refractivity contribution < 1.29 is 0 Å². The molecule has 2 rings (SSSR count). The Morgan fingerprint density at radius 1 is 1.54 bits per heavy atom. The molecule has 0 aliphatic heterocycles. The lowest BCUT2D eigenvalue weighted by molar-refractivity contribution is 0.881. The Morgan fingerprint density at radius 3 is 2.85 bits per heavy atom. The van der Waals surface area contributed by atoms with Crippen LogP contribution >= 0.6 is 0 Å². The second-order valence-electron chi connectivity index (χ2n) is 3.71. The number of H-pyrrole nitrogens is 1. The molecule has 0 saturated heterocycles. The van der Waals surface area contributed by atoms with Gasteiger partial charge in [-0.3, -0.25) is 0 Å². The van der Waals surface area contributed by atoms with E-state index in [0.717, 1.165) is 24.6 Å². The van der Waals surface area contributed by atoms with Crippen molar-refractivity contribution >= 4 is 0 Å². The number of rotatable bonds is 4. The van der Waals surface area contributed by atoms with Gasteiger partial charge < -0.3 is 10.7 Å². The fraction of sp³-hybridized carbons (Fsp3) is 0.700. The molecule has 0 bridgehead atoms. The van der Waals surface area contributed by atoms with Crippen molar-refractivity contribution in [1.29, 1.82) is 0 Å². The van der Waals surface area contributed by atoms with Gasteiger partial charge in [0.1, 0.15) is 5.82 Å². The lowest BCUT2D eigenvalue weighted by atomic mass is 10.2. The first-order valence-electron chi connectivity index (χ1n) is 5.12.